The van der Waals surface area contributed by atoms with Gasteiger partial charge in [0.05, 0.1) is 25.2 Å². The highest BCUT2D eigenvalue weighted by atomic mass is 16.5. The summed E-state index contributed by atoms with van der Waals surface area (Å²) in [6.45, 7) is 2.03. The molecule has 2 aromatic rings. The van der Waals surface area contributed by atoms with E-state index in [0.29, 0.717) is 11.6 Å². The second kappa shape index (κ2) is 5.35. The average Bonchev–Trinajstić information content (AvgIpc) is 2.39. The number of nitrogens with zero attached hydrogens (tertiary/aromatic N) is 2. The van der Waals surface area contributed by atoms with Crippen molar-refractivity contribution in [3.63, 3.8) is 0 Å². The Kier molecular flexibility index (Phi) is 3.62. The van der Waals surface area contributed by atoms with E-state index in [0.717, 1.165) is 17.0 Å². The minimum atomic E-state index is 0.672. The van der Waals surface area contributed by atoms with E-state index in [1.807, 2.05) is 25.1 Å². The Morgan fingerprint density at radius 2 is 1.94 bits per heavy atom. The molecule has 1 heterocycles. The maximum Gasteiger partial charge on any atom is 0.151 e. The minimum Gasteiger partial charge on any atom is -0.495 e. The third-order valence-corrected chi connectivity index (χ3v) is 2.51. The van der Waals surface area contributed by atoms with Crippen LogP contribution in [0.4, 0.5) is 17.3 Å². The third-order valence-electron chi connectivity index (χ3n) is 2.51. The Labute approximate surface area is 106 Å². The van der Waals surface area contributed by atoms with Gasteiger partial charge in [-0.2, -0.15) is 0 Å². The number of aryl methyl sites for hydroxylation is 1. The Hall–Kier alpha value is -2.30. The van der Waals surface area contributed by atoms with Crippen LogP contribution < -0.4 is 15.4 Å². The number of rotatable bonds is 4. The van der Waals surface area contributed by atoms with Crippen molar-refractivity contribution >= 4 is 17.3 Å². The van der Waals surface area contributed by atoms with E-state index in [9.17, 15) is 0 Å². The molecule has 0 saturated carbocycles. The summed E-state index contributed by atoms with van der Waals surface area (Å²) in [6, 6.07) is 5.93. The van der Waals surface area contributed by atoms with Crippen molar-refractivity contribution in [2.75, 3.05) is 24.8 Å². The van der Waals surface area contributed by atoms with Crippen LogP contribution in [-0.2, 0) is 0 Å². The SMILES string of the molecule is CNc1cncc(Nc2cc(C)ccc2OC)n1. The van der Waals surface area contributed by atoms with Crippen LogP contribution in [0.2, 0.25) is 0 Å². The normalized spacial score (nSPS) is 9.94. The molecule has 0 aliphatic rings. The number of aromatic nitrogens is 2. The molecule has 0 saturated heterocycles. The minimum absolute atomic E-state index is 0.672. The van der Waals surface area contributed by atoms with Crippen LogP contribution in [0, 0.1) is 6.92 Å². The molecule has 18 heavy (non-hydrogen) atoms. The maximum absolute atomic E-state index is 5.30. The lowest BCUT2D eigenvalue weighted by Crippen LogP contribution is -2.00. The molecule has 94 valence electrons. The van der Waals surface area contributed by atoms with Gasteiger partial charge in [-0.3, -0.25) is 4.98 Å². The molecule has 0 amide bonds. The number of benzene rings is 1. The summed E-state index contributed by atoms with van der Waals surface area (Å²) in [4.78, 5) is 8.45. The van der Waals surface area contributed by atoms with Crippen LogP contribution in [0.3, 0.4) is 0 Å². The smallest absolute Gasteiger partial charge is 0.151 e. The van der Waals surface area contributed by atoms with Gasteiger partial charge in [0, 0.05) is 7.05 Å². The molecule has 0 atom stereocenters. The summed E-state index contributed by atoms with van der Waals surface area (Å²) in [7, 11) is 3.45. The first kappa shape index (κ1) is 12.2. The van der Waals surface area contributed by atoms with E-state index in [2.05, 4.69) is 20.6 Å². The Bertz CT molecular complexity index is 542. The average molecular weight is 244 g/mol. The fourth-order valence-electron chi connectivity index (χ4n) is 1.60. The predicted molar refractivity (Wildman–Crippen MR) is 72.6 cm³/mol. The van der Waals surface area contributed by atoms with Crippen molar-refractivity contribution in [3.8, 4) is 5.75 Å². The van der Waals surface area contributed by atoms with Gasteiger partial charge in [-0.05, 0) is 24.6 Å². The van der Waals surface area contributed by atoms with Crippen LogP contribution in [-0.4, -0.2) is 24.1 Å². The van der Waals surface area contributed by atoms with E-state index in [1.54, 1.807) is 26.6 Å². The van der Waals surface area contributed by atoms with Crippen LogP contribution >= 0.6 is 0 Å². The van der Waals surface area contributed by atoms with Crippen LogP contribution in [0.5, 0.6) is 5.75 Å². The van der Waals surface area contributed by atoms with Crippen LogP contribution in [0.1, 0.15) is 5.56 Å². The van der Waals surface area contributed by atoms with Crippen molar-refractivity contribution in [3.05, 3.63) is 36.2 Å². The highest BCUT2D eigenvalue weighted by Crippen LogP contribution is 2.27. The molecule has 5 nitrogen and oxygen atoms in total. The second-order valence-corrected chi connectivity index (χ2v) is 3.87. The lowest BCUT2D eigenvalue weighted by atomic mass is 10.2. The number of hydrogen-bond donors (Lipinski definition) is 2. The van der Waals surface area contributed by atoms with Crippen molar-refractivity contribution in [2.24, 2.45) is 0 Å². The molecular weight excluding hydrogens is 228 g/mol. The molecule has 0 aliphatic heterocycles. The zero-order chi connectivity index (χ0) is 13.0. The van der Waals surface area contributed by atoms with Gasteiger partial charge < -0.3 is 15.4 Å². The highest BCUT2D eigenvalue weighted by molar-refractivity contribution is 5.65. The molecule has 0 aliphatic carbocycles. The van der Waals surface area contributed by atoms with Crippen LogP contribution in [0.15, 0.2) is 30.6 Å². The highest BCUT2D eigenvalue weighted by Gasteiger charge is 2.05. The van der Waals surface area contributed by atoms with Gasteiger partial charge in [0.25, 0.3) is 0 Å². The standard InChI is InChI=1S/C13H16N4O/c1-9-4-5-11(18-3)10(6-9)16-13-8-15-7-12(14-2)17-13/h4-8H,1-3H3,(H2,14,16,17). The molecule has 0 unspecified atom stereocenters. The first-order valence-corrected chi connectivity index (χ1v) is 5.64. The maximum atomic E-state index is 5.30. The zero-order valence-corrected chi connectivity index (χ0v) is 10.7. The molecule has 0 bridgehead atoms. The third kappa shape index (κ3) is 2.68. The second-order valence-electron chi connectivity index (χ2n) is 3.87. The summed E-state index contributed by atoms with van der Waals surface area (Å²) in [5.74, 6) is 2.16. The zero-order valence-electron chi connectivity index (χ0n) is 10.7. The number of nitrogens with one attached hydrogen (secondary N) is 2. The largest absolute Gasteiger partial charge is 0.495 e. The number of ether oxygens (including phenoxy) is 1. The molecule has 5 heteroatoms. The number of hydrogen-bond acceptors (Lipinski definition) is 5. The van der Waals surface area contributed by atoms with Crippen molar-refractivity contribution in [2.45, 2.75) is 6.92 Å². The first-order chi connectivity index (χ1) is 8.72. The van der Waals surface area contributed by atoms with Crippen molar-refractivity contribution < 1.29 is 4.74 Å². The summed E-state index contributed by atoms with van der Waals surface area (Å²) >= 11 is 0. The Morgan fingerprint density at radius 1 is 1.17 bits per heavy atom. The van der Waals surface area contributed by atoms with Gasteiger partial charge in [0.2, 0.25) is 0 Å². The fourth-order valence-corrected chi connectivity index (χ4v) is 1.60. The van der Waals surface area contributed by atoms with E-state index >= 15 is 0 Å². The number of anilines is 3. The molecule has 2 rings (SSSR count). The molecule has 0 radical (unpaired) electrons. The van der Waals surface area contributed by atoms with Gasteiger partial charge in [0.15, 0.2) is 5.82 Å². The van der Waals surface area contributed by atoms with Crippen molar-refractivity contribution in [1.82, 2.24) is 9.97 Å². The molecular formula is C13H16N4O. The summed E-state index contributed by atoms with van der Waals surface area (Å²) in [6.07, 6.45) is 3.33. The van der Waals surface area contributed by atoms with Gasteiger partial charge in [-0.25, -0.2) is 4.98 Å². The van der Waals surface area contributed by atoms with Gasteiger partial charge >= 0.3 is 0 Å². The quantitative estimate of drug-likeness (QED) is 0.865. The Morgan fingerprint density at radius 3 is 2.67 bits per heavy atom. The topological polar surface area (TPSA) is 59.1 Å². The van der Waals surface area contributed by atoms with Gasteiger partial charge in [0.1, 0.15) is 11.6 Å². The summed E-state index contributed by atoms with van der Waals surface area (Å²) < 4.78 is 5.30. The molecule has 2 N–H and O–H groups in total. The van der Waals surface area contributed by atoms with Crippen molar-refractivity contribution in [1.29, 1.82) is 0 Å². The van der Waals surface area contributed by atoms with E-state index in [4.69, 9.17) is 4.74 Å². The molecule has 1 aromatic carbocycles. The summed E-state index contributed by atoms with van der Waals surface area (Å²) in [5, 5.41) is 6.15. The van der Waals surface area contributed by atoms with Gasteiger partial charge in [-0.15, -0.1) is 0 Å². The van der Waals surface area contributed by atoms with E-state index < -0.39 is 0 Å². The van der Waals surface area contributed by atoms with E-state index in [-0.39, 0.29) is 0 Å². The summed E-state index contributed by atoms with van der Waals surface area (Å²) in [5.41, 5.74) is 2.02. The first-order valence-electron chi connectivity index (χ1n) is 5.64. The number of methoxy groups -OCH3 is 1. The Balaban J connectivity index is 2.29. The molecule has 0 fully saturated rings. The predicted octanol–water partition coefficient (Wildman–Crippen LogP) is 2.58. The van der Waals surface area contributed by atoms with Crippen LogP contribution in [0.25, 0.3) is 0 Å². The monoisotopic (exact) mass is 244 g/mol. The lowest BCUT2D eigenvalue weighted by Gasteiger charge is -2.11. The van der Waals surface area contributed by atoms with Gasteiger partial charge in [-0.1, -0.05) is 6.07 Å². The lowest BCUT2D eigenvalue weighted by molar-refractivity contribution is 0.416. The fraction of sp³-hybridized carbons (Fsp3) is 0.231. The molecule has 0 spiro atoms. The molecule has 1 aromatic heterocycles. The van der Waals surface area contributed by atoms with E-state index in [1.165, 1.54) is 0 Å².